The molecule has 92 valence electrons. The number of ether oxygens (including phenoxy) is 1. The van der Waals surface area contributed by atoms with Gasteiger partial charge in [0.05, 0.1) is 12.6 Å². The van der Waals surface area contributed by atoms with Crippen LogP contribution in [0.3, 0.4) is 0 Å². The number of fused-ring (bicyclic) bond motifs is 1. The van der Waals surface area contributed by atoms with Crippen LogP contribution in [0.15, 0.2) is 0 Å². The van der Waals surface area contributed by atoms with Crippen LogP contribution in [-0.2, 0) is 4.74 Å². The highest BCUT2D eigenvalue weighted by atomic mass is 16.6. The quantitative estimate of drug-likeness (QED) is 0.740. The first kappa shape index (κ1) is 11.7. The van der Waals surface area contributed by atoms with Crippen LogP contribution in [0, 0.1) is 11.8 Å². The molecule has 1 unspecified atom stereocenters. The second-order valence-corrected chi connectivity index (χ2v) is 5.96. The Balaban J connectivity index is 1.98. The highest BCUT2D eigenvalue weighted by molar-refractivity contribution is 5.69. The molecule has 0 radical (unpaired) electrons. The first-order valence-corrected chi connectivity index (χ1v) is 6.01. The zero-order valence-electron chi connectivity index (χ0n) is 10.3. The van der Waals surface area contributed by atoms with E-state index in [-0.39, 0.29) is 18.7 Å². The Labute approximate surface area is 96.6 Å². The van der Waals surface area contributed by atoms with Gasteiger partial charge < -0.3 is 14.7 Å². The molecular formula is C12H21NO3. The number of aliphatic hydroxyl groups is 1. The molecule has 1 heterocycles. The molecule has 4 nitrogen and oxygen atoms in total. The Morgan fingerprint density at radius 3 is 2.62 bits per heavy atom. The number of carbonyl (C=O) groups is 1. The van der Waals surface area contributed by atoms with Crippen molar-refractivity contribution >= 4 is 6.09 Å². The summed E-state index contributed by atoms with van der Waals surface area (Å²) >= 11 is 0. The lowest BCUT2D eigenvalue weighted by atomic mass is 10.0. The maximum Gasteiger partial charge on any atom is 0.410 e. The van der Waals surface area contributed by atoms with Gasteiger partial charge in [0, 0.05) is 6.54 Å². The van der Waals surface area contributed by atoms with E-state index in [1.54, 1.807) is 4.90 Å². The Hall–Kier alpha value is -0.770. The minimum Gasteiger partial charge on any atom is -0.444 e. The number of hydrogen-bond donors (Lipinski definition) is 1. The largest absolute Gasteiger partial charge is 0.444 e. The van der Waals surface area contributed by atoms with Gasteiger partial charge in [0.1, 0.15) is 5.60 Å². The topological polar surface area (TPSA) is 49.8 Å². The Kier molecular flexibility index (Phi) is 2.86. The Bertz CT molecular complexity index is 284. The number of likely N-dealkylation sites (tertiary alicyclic amines) is 1. The summed E-state index contributed by atoms with van der Waals surface area (Å²) in [5.41, 5.74) is -0.461. The van der Waals surface area contributed by atoms with Crippen molar-refractivity contribution in [1.29, 1.82) is 0 Å². The van der Waals surface area contributed by atoms with Crippen molar-refractivity contribution in [2.45, 2.75) is 45.3 Å². The van der Waals surface area contributed by atoms with Crippen LogP contribution in [0.4, 0.5) is 4.79 Å². The standard InChI is InChI=1S/C12H21NO3/c1-12(2,3)16-11(15)13-6-9-4-8(9)5-10(13)7-14/h8-10,14H,4-7H2,1-3H3/t8?,9-,10-/m0/s1. The zero-order valence-corrected chi connectivity index (χ0v) is 10.3. The smallest absolute Gasteiger partial charge is 0.410 e. The Morgan fingerprint density at radius 2 is 2.06 bits per heavy atom. The van der Waals surface area contributed by atoms with Crippen LogP contribution in [0.2, 0.25) is 0 Å². The molecule has 0 aromatic heterocycles. The van der Waals surface area contributed by atoms with Crippen LogP contribution in [-0.4, -0.2) is 40.9 Å². The fourth-order valence-electron chi connectivity index (χ4n) is 2.42. The highest BCUT2D eigenvalue weighted by Gasteiger charge is 2.47. The monoisotopic (exact) mass is 227 g/mol. The summed E-state index contributed by atoms with van der Waals surface area (Å²) in [5, 5.41) is 9.30. The summed E-state index contributed by atoms with van der Waals surface area (Å²) < 4.78 is 5.35. The van der Waals surface area contributed by atoms with E-state index in [0.29, 0.717) is 5.92 Å². The van der Waals surface area contributed by atoms with Crippen LogP contribution >= 0.6 is 0 Å². The number of carbonyl (C=O) groups excluding carboxylic acids is 1. The van der Waals surface area contributed by atoms with Crippen molar-refractivity contribution in [1.82, 2.24) is 4.90 Å². The SMILES string of the molecule is CC(C)(C)OC(=O)N1C[C@@H]2CC2C[C@H]1CO. The molecule has 1 amide bonds. The second kappa shape index (κ2) is 3.91. The van der Waals surface area contributed by atoms with Gasteiger partial charge in [0.2, 0.25) is 0 Å². The number of piperidine rings is 1. The molecule has 4 heteroatoms. The van der Waals surface area contributed by atoms with Crippen LogP contribution in [0.1, 0.15) is 33.6 Å². The molecule has 1 N–H and O–H groups in total. The van der Waals surface area contributed by atoms with Crippen LogP contribution in [0.5, 0.6) is 0 Å². The average Bonchev–Trinajstić information content (AvgIpc) is 2.90. The summed E-state index contributed by atoms with van der Waals surface area (Å²) in [6.07, 6.45) is 1.85. The molecule has 0 aromatic rings. The number of hydrogen-bond acceptors (Lipinski definition) is 3. The number of nitrogens with zero attached hydrogens (tertiary/aromatic N) is 1. The van der Waals surface area contributed by atoms with Gasteiger partial charge in [-0.2, -0.15) is 0 Å². The molecule has 3 atom stereocenters. The van der Waals surface area contributed by atoms with Crippen molar-refractivity contribution < 1.29 is 14.6 Å². The molecule has 1 aliphatic heterocycles. The molecule has 1 aliphatic carbocycles. The molecule has 1 saturated carbocycles. The highest BCUT2D eigenvalue weighted by Crippen LogP contribution is 2.47. The van der Waals surface area contributed by atoms with Gasteiger partial charge >= 0.3 is 6.09 Å². The van der Waals surface area contributed by atoms with Gasteiger partial charge in [-0.15, -0.1) is 0 Å². The summed E-state index contributed by atoms with van der Waals surface area (Å²) in [7, 11) is 0. The van der Waals surface area contributed by atoms with E-state index in [2.05, 4.69) is 0 Å². The third kappa shape index (κ3) is 2.48. The van der Waals surface area contributed by atoms with Crippen molar-refractivity contribution in [3.05, 3.63) is 0 Å². The predicted octanol–water partition coefficient (Wildman–Crippen LogP) is 1.62. The van der Waals surface area contributed by atoms with Gasteiger partial charge in [-0.25, -0.2) is 4.79 Å². The van der Waals surface area contributed by atoms with Gasteiger partial charge in [-0.05, 0) is 45.4 Å². The number of rotatable bonds is 1. The molecule has 0 aromatic carbocycles. The molecule has 0 spiro atoms. The average molecular weight is 227 g/mol. The zero-order chi connectivity index (χ0) is 11.9. The lowest BCUT2D eigenvalue weighted by molar-refractivity contribution is 0.000449. The predicted molar refractivity (Wildman–Crippen MR) is 60.0 cm³/mol. The van der Waals surface area contributed by atoms with Gasteiger partial charge in [-0.3, -0.25) is 0 Å². The van der Waals surface area contributed by atoms with E-state index < -0.39 is 5.60 Å². The van der Waals surface area contributed by atoms with E-state index in [1.807, 2.05) is 20.8 Å². The maximum atomic E-state index is 11.9. The summed E-state index contributed by atoms with van der Waals surface area (Å²) in [4.78, 5) is 13.6. The van der Waals surface area contributed by atoms with Crippen LogP contribution < -0.4 is 0 Å². The molecule has 2 aliphatic rings. The lowest BCUT2D eigenvalue weighted by Crippen LogP contribution is -2.48. The van der Waals surface area contributed by atoms with E-state index in [9.17, 15) is 9.90 Å². The molecule has 2 rings (SSSR count). The number of aliphatic hydroxyl groups excluding tert-OH is 1. The number of amides is 1. The third-order valence-corrected chi connectivity index (χ3v) is 3.35. The van der Waals surface area contributed by atoms with Crippen molar-refractivity contribution in [3.8, 4) is 0 Å². The minimum absolute atomic E-state index is 0.0430. The minimum atomic E-state index is -0.461. The van der Waals surface area contributed by atoms with E-state index in [0.717, 1.165) is 18.9 Å². The van der Waals surface area contributed by atoms with Crippen LogP contribution in [0.25, 0.3) is 0 Å². The van der Waals surface area contributed by atoms with E-state index in [1.165, 1.54) is 6.42 Å². The molecular weight excluding hydrogens is 206 g/mol. The maximum absolute atomic E-state index is 11.9. The van der Waals surface area contributed by atoms with Crippen molar-refractivity contribution in [3.63, 3.8) is 0 Å². The summed E-state index contributed by atoms with van der Waals surface area (Å²) in [6.45, 7) is 6.39. The second-order valence-electron chi connectivity index (χ2n) is 5.96. The van der Waals surface area contributed by atoms with Gasteiger partial charge in [0.15, 0.2) is 0 Å². The van der Waals surface area contributed by atoms with E-state index >= 15 is 0 Å². The third-order valence-electron chi connectivity index (χ3n) is 3.35. The summed E-state index contributed by atoms with van der Waals surface area (Å²) in [6, 6.07) is -0.0430. The van der Waals surface area contributed by atoms with Crippen molar-refractivity contribution in [2.24, 2.45) is 11.8 Å². The van der Waals surface area contributed by atoms with E-state index in [4.69, 9.17) is 4.74 Å². The Morgan fingerprint density at radius 1 is 1.38 bits per heavy atom. The molecule has 1 saturated heterocycles. The first-order valence-electron chi connectivity index (χ1n) is 6.01. The van der Waals surface area contributed by atoms with Gasteiger partial charge in [-0.1, -0.05) is 0 Å². The first-order chi connectivity index (χ1) is 7.40. The fourth-order valence-corrected chi connectivity index (χ4v) is 2.42. The molecule has 2 fully saturated rings. The summed E-state index contributed by atoms with van der Waals surface area (Å²) in [5.74, 6) is 1.38. The lowest BCUT2D eigenvalue weighted by Gasteiger charge is -2.35. The normalized spacial score (nSPS) is 33.2. The molecule has 0 bridgehead atoms. The fraction of sp³-hybridized carbons (Fsp3) is 0.917. The molecule has 16 heavy (non-hydrogen) atoms. The van der Waals surface area contributed by atoms with Crippen molar-refractivity contribution in [2.75, 3.05) is 13.2 Å². The van der Waals surface area contributed by atoms with Gasteiger partial charge in [0.25, 0.3) is 0 Å².